The number of aliphatic hydroxyl groups is 1. The molecule has 0 saturated carbocycles. The van der Waals surface area contributed by atoms with Gasteiger partial charge in [-0.25, -0.2) is 0 Å². The third-order valence-electron chi connectivity index (χ3n) is 4.44. The first-order chi connectivity index (χ1) is 11.9. The molecule has 25 heavy (non-hydrogen) atoms. The molecule has 2 heterocycles. The van der Waals surface area contributed by atoms with E-state index in [1.165, 1.54) is 9.80 Å². The van der Waals surface area contributed by atoms with Crippen LogP contribution in [0.5, 0.6) is 0 Å². The number of β-amino-alcohol motifs (C(OH)–C–C–N with tert-alkyl or cyclic N) is 1. The van der Waals surface area contributed by atoms with Crippen LogP contribution in [0.4, 0.5) is 0 Å². The highest BCUT2D eigenvalue weighted by molar-refractivity contribution is 5.89. The Balaban J connectivity index is 2.07. The molecular weight excluding hydrogens is 332 g/mol. The van der Waals surface area contributed by atoms with Crippen LogP contribution in [0.2, 0.25) is 0 Å². The summed E-state index contributed by atoms with van der Waals surface area (Å²) in [6, 6.07) is -0.577. The van der Waals surface area contributed by atoms with Crippen molar-refractivity contribution in [3.63, 3.8) is 0 Å². The van der Waals surface area contributed by atoms with Gasteiger partial charge >= 0.3 is 11.9 Å². The number of esters is 2. The molecule has 2 aliphatic rings. The van der Waals surface area contributed by atoms with Crippen LogP contribution in [0.25, 0.3) is 0 Å². The van der Waals surface area contributed by atoms with Crippen molar-refractivity contribution in [1.29, 1.82) is 0 Å². The van der Waals surface area contributed by atoms with E-state index in [0.717, 1.165) is 0 Å². The summed E-state index contributed by atoms with van der Waals surface area (Å²) in [6.45, 7) is 3.25. The zero-order valence-corrected chi connectivity index (χ0v) is 14.5. The van der Waals surface area contributed by atoms with Crippen molar-refractivity contribution in [2.24, 2.45) is 5.92 Å². The predicted molar refractivity (Wildman–Crippen MR) is 84.1 cm³/mol. The van der Waals surface area contributed by atoms with Gasteiger partial charge in [-0.3, -0.25) is 19.2 Å². The quantitative estimate of drug-likeness (QED) is 0.577. The Kier molecular flexibility index (Phi) is 6.35. The summed E-state index contributed by atoms with van der Waals surface area (Å²) < 4.78 is 9.69. The molecule has 140 valence electrons. The predicted octanol–water partition coefficient (Wildman–Crippen LogP) is -1.08. The van der Waals surface area contributed by atoms with Gasteiger partial charge in [-0.2, -0.15) is 0 Å². The summed E-state index contributed by atoms with van der Waals surface area (Å²) >= 11 is 0. The number of likely N-dealkylation sites (tertiary alicyclic amines) is 2. The minimum absolute atomic E-state index is 0.000249. The number of amides is 2. The Morgan fingerprint density at radius 2 is 1.72 bits per heavy atom. The third-order valence-corrected chi connectivity index (χ3v) is 4.44. The van der Waals surface area contributed by atoms with Crippen LogP contribution in [-0.4, -0.2) is 83.7 Å². The van der Waals surface area contributed by atoms with Crippen molar-refractivity contribution in [1.82, 2.24) is 9.80 Å². The lowest BCUT2D eigenvalue weighted by molar-refractivity contribution is -0.151. The Hall–Kier alpha value is -2.16. The molecule has 0 radical (unpaired) electrons. The van der Waals surface area contributed by atoms with Crippen LogP contribution in [0, 0.1) is 5.92 Å². The van der Waals surface area contributed by atoms with Crippen molar-refractivity contribution in [3.05, 3.63) is 0 Å². The van der Waals surface area contributed by atoms with Gasteiger partial charge in [-0.1, -0.05) is 0 Å². The Labute approximate surface area is 145 Å². The Bertz CT molecular complexity index is 551. The van der Waals surface area contributed by atoms with Crippen LogP contribution < -0.4 is 0 Å². The fraction of sp³-hybridized carbons (Fsp3) is 0.750. The van der Waals surface area contributed by atoms with E-state index in [1.54, 1.807) is 13.8 Å². The number of rotatable bonds is 7. The van der Waals surface area contributed by atoms with Crippen molar-refractivity contribution in [3.8, 4) is 0 Å². The molecule has 0 aromatic carbocycles. The van der Waals surface area contributed by atoms with Crippen LogP contribution >= 0.6 is 0 Å². The molecule has 2 saturated heterocycles. The van der Waals surface area contributed by atoms with Crippen LogP contribution in [0.3, 0.4) is 0 Å². The maximum atomic E-state index is 12.6. The maximum absolute atomic E-state index is 12.6. The second kappa shape index (κ2) is 8.28. The third kappa shape index (κ3) is 4.28. The first-order valence-corrected chi connectivity index (χ1v) is 8.46. The average Bonchev–Trinajstić information content (AvgIpc) is 3.01. The molecule has 1 N–H and O–H groups in total. The van der Waals surface area contributed by atoms with E-state index in [9.17, 15) is 24.3 Å². The molecule has 2 rings (SSSR count). The molecular formula is C16H24N2O7. The minimum Gasteiger partial charge on any atom is -0.465 e. The Morgan fingerprint density at radius 1 is 1.12 bits per heavy atom. The lowest BCUT2D eigenvalue weighted by Gasteiger charge is -2.29. The number of ether oxygens (including phenoxy) is 2. The maximum Gasteiger partial charge on any atom is 0.325 e. The summed E-state index contributed by atoms with van der Waals surface area (Å²) in [6.07, 6.45) is -0.431. The number of nitrogens with zero attached hydrogens (tertiary/aromatic N) is 2. The first-order valence-electron chi connectivity index (χ1n) is 8.46. The molecule has 3 atom stereocenters. The summed E-state index contributed by atoms with van der Waals surface area (Å²) in [5.74, 6) is -2.60. The number of hydrogen-bond donors (Lipinski definition) is 1. The molecule has 2 aliphatic heterocycles. The highest BCUT2D eigenvalue weighted by Crippen LogP contribution is 2.32. The van der Waals surface area contributed by atoms with Gasteiger partial charge in [0.25, 0.3) is 0 Å². The zero-order chi connectivity index (χ0) is 18.6. The van der Waals surface area contributed by atoms with Crippen molar-refractivity contribution in [2.75, 3.05) is 32.8 Å². The van der Waals surface area contributed by atoms with Crippen LogP contribution in [-0.2, 0) is 28.7 Å². The van der Waals surface area contributed by atoms with E-state index in [2.05, 4.69) is 0 Å². The molecule has 9 nitrogen and oxygen atoms in total. The Morgan fingerprint density at radius 3 is 2.32 bits per heavy atom. The summed E-state index contributed by atoms with van der Waals surface area (Å²) in [4.78, 5) is 50.5. The van der Waals surface area contributed by atoms with Gasteiger partial charge in [0.05, 0.1) is 25.2 Å². The molecule has 0 spiro atoms. The van der Waals surface area contributed by atoms with Gasteiger partial charge in [0, 0.05) is 19.0 Å². The van der Waals surface area contributed by atoms with E-state index in [0.29, 0.717) is 6.42 Å². The van der Waals surface area contributed by atoms with Crippen molar-refractivity contribution < 1.29 is 33.8 Å². The number of carbonyl (C=O) groups excluding carboxylic acids is 4. The molecule has 0 aromatic rings. The number of hydrogen-bond acceptors (Lipinski definition) is 7. The molecule has 2 fully saturated rings. The topological polar surface area (TPSA) is 113 Å². The highest BCUT2D eigenvalue weighted by atomic mass is 16.5. The smallest absolute Gasteiger partial charge is 0.325 e. The van der Waals surface area contributed by atoms with Gasteiger partial charge in [0.15, 0.2) is 0 Å². The van der Waals surface area contributed by atoms with E-state index >= 15 is 0 Å². The summed E-state index contributed by atoms with van der Waals surface area (Å²) in [5, 5.41) is 10.3. The first kappa shape index (κ1) is 19.2. The normalized spacial score (nSPS) is 26.3. The average molecular weight is 356 g/mol. The van der Waals surface area contributed by atoms with Crippen LogP contribution in [0.1, 0.15) is 26.7 Å². The van der Waals surface area contributed by atoms with Gasteiger partial charge in [0.2, 0.25) is 11.8 Å². The highest BCUT2D eigenvalue weighted by Gasteiger charge is 2.49. The second-order valence-corrected chi connectivity index (χ2v) is 6.05. The molecule has 0 aromatic heterocycles. The largest absolute Gasteiger partial charge is 0.465 e. The lowest BCUT2D eigenvalue weighted by Crippen LogP contribution is -2.47. The second-order valence-electron chi connectivity index (χ2n) is 6.05. The zero-order valence-electron chi connectivity index (χ0n) is 14.5. The fourth-order valence-electron chi connectivity index (χ4n) is 3.41. The summed E-state index contributed by atoms with van der Waals surface area (Å²) in [7, 11) is 0. The monoisotopic (exact) mass is 356 g/mol. The molecule has 3 unspecified atom stereocenters. The number of carbonyl (C=O) groups is 4. The molecule has 2 amide bonds. The SMILES string of the molecule is CCOC(=O)CN1CC(O)C(C2CCC(=O)N2CC(=O)OCC)C1=O. The number of aliphatic hydroxyl groups excluding tert-OH is 1. The van der Waals surface area contributed by atoms with Gasteiger partial charge in [-0.15, -0.1) is 0 Å². The minimum atomic E-state index is -1.01. The van der Waals surface area contributed by atoms with Gasteiger partial charge in [-0.05, 0) is 20.3 Å². The standard InChI is InChI=1S/C16H24N2O7/c1-3-24-13(21)8-17-7-11(19)15(16(17)23)10-5-6-12(20)18(10)9-14(22)25-4-2/h10-11,15,19H,3-9H2,1-2H3. The van der Waals surface area contributed by atoms with Crippen molar-refractivity contribution in [2.45, 2.75) is 38.8 Å². The van der Waals surface area contributed by atoms with E-state index < -0.39 is 35.9 Å². The molecule has 0 bridgehead atoms. The summed E-state index contributed by atoms with van der Waals surface area (Å²) in [5.41, 5.74) is 0. The van der Waals surface area contributed by atoms with Crippen LogP contribution in [0.15, 0.2) is 0 Å². The van der Waals surface area contributed by atoms with E-state index in [1.807, 2.05) is 0 Å². The van der Waals surface area contributed by atoms with Gasteiger partial charge in [0.1, 0.15) is 13.1 Å². The molecule has 9 heteroatoms. The van der Waals surface area contributed by atoms with Gasteiger partial charge < -0.3 is 24.4 Å². The lowest BCUT2D eigenvalue weighted by atomic mass is 9.94. The van der Waals surface area contributed by atoms with Crippen molar-refractivity contribution >= 4 is 23.8 Å². The van der Waals surface area contributed by atoms with E-state index in [4.69, 9.17) is 9.47 Å². The molecule has 0 aliphatic carbocycles. The van der Waals surface area contributed by atoms with E-state index in [-0.39, 0.29) is 45.2 Å². The fourth-order valence-corrected chi connectivity index (χ4v) is 3.41.